The lowest BCUT2D eigenvalue weighted by Gasteiger charge is -2.14. The second-order valence-corrected chi connectivity index (χ2v) is 7.49. The molecule has 2 aromatic heterocycles. The SMILES string of the molecule is NCc1ccc(Cl)cc1CNC(=O)Cc1cccc(NCC(F)(F)c2ccccn2)[n+]1O. The number of nitrogens with two attached hydrogens (primary N) is 1. The number of nitrogens with one attached hydrogen (secondary N) is 2. The molecule has 5 N–H and O–H groups in total. The zero-order valence-electron chi connectivity index (χ0n) is 17.1. The molecule has 0 aliphatic carbocycles. The van der Waals surface area contributed by atoms with Crippen LogP contribution in [-0.2, 0) is 30.2 Å². The molecule has 0 fully saturated rings. The largest absolute Gasteiger partial charge is 0.352 e. The summed E-state index contributed by atoms with van der Waals surface area (Å²) in [5.41, 5.74) is 7.19. The number of carbonyl (C=O) groups excluding carboxylic acids is 1. The average Bonchev–Trinajstić information content (AvgIpc) is 2.79. The van der Waals surface area contributed by atoms with Gasteiger partial charge in [-0.1, -0.05) is 23.7 Å². The Bertz CT molecular complexity index is 1080. The molecule has 0 aliphatic heterocycles. The molecule has 1 amide bonds. The highest BCUT2D eigenvalue weighted by Crippen LogP contribution is 2.26. The number of aromatic nitrogens is 2. The minimum Gasteiger partial charge on any atom is -0.352 e. The number of hydrogen-bond donors (Lipinski definition) is 4. The van der Waals surface area contributed by atoms with E-state index in [2.05, 4.69) is 15.6 Å². The second-order valence-electron chi connectivity index (χ2n) is 7.06. The molecule has 0 unspecified atom stereocenters. The quantitative estimate of drug-likeness (QED) is 0.289. The molecule has 3 aromatic rings. The maximum atomic E-state index is 14.3. The highest BCUT2D eigenvalue weighted by atomic mass is 35.5. The van der Waals surface area contributed by atoms with Crippen LogP contribution in [-0.4, -0.2) is 22.6 Å². The fourth-order valence-corrected chi connectivity index (χ4v) is 3.26. The van der Waals surface area contributed by atoms with Crippen LogP contribution in [0.2, 0.25) is 5.02 Å². The van der Waals surface area contributed by atoms with E-state index in [1.54, 1.807) is 30.3 Å². The monoisotopic (exact) mass is 462 g/mol. The molecular formula is C22H23ClF2N5O2+. The fourth-order valence-electron chi connectivity index (χ4n) is 3.06. The van der Waals surface area contributed by atoms with E-state index in [0.717, 1.165) is 11.1 Å². The molecule has 0 spiro atoms. The molecule has 32 heavy (non-hydrogen) atoms. The molecule has 2 heterocycles. The van der Waals surface area contributed by atoms with Crippen molar-refractivity contribution in [1.82, 2.24) is 10.3 Å². The lowest BCUT2D eigenvalue weighted by molar-refractivity contribution is -0.898. The van der Waals surface area contributed by atoms with Crippen molar-refractivity contribution in [3.8, 4) is 0 Å². The van der Waals surface area contributed by atoms with Gasteiger partial charge in [-0.05, 0) is 52.3 Å². The van der Waals surface area contributed by atoms with Crippen LogP contribution in [0.3, 0.4) is 0 Å². The van der Waals surface area contributed by atoms with Crippen LogP contribution in [0.4, 0.5) is 14.6 Å². The van der Waals surface area contributed by atoms with Crippen LogP contribution in [0, 0.1) is 0 Å². The molecule has 0 atom stereocenters. The Morgan fingerprint density at radius 2 is 1.97 bits per heavy atom. The van der Waals surface area contributed by atoms with Gasteiger partial charge in [-0.3, -0.25) is 15.1 Å². The van der Waals surface area contributed by atoms with Gasteiger partial charge in [0.1, 0.15) is 5.69 Å². The van der Waals surface area contributed by atoms with Gasteiger partial charge in [0.05, 0.1) is 6.42 Å². The third-order valence-electron chi connectivity index (χ3n) is 4.78. The lowest BCUT2D eigenvalue weighted by atomic mass is 10.1. The van der Waals surface area contributed by atoms with Crippen molar-refractivity contribution in [3.63, 3.8) is 0 Å². The maximum Gasteiger partial charge on any atom is 0.325 e. The number of alkyl halides is 2. The molecule has 0 aliphatic rings. The van der Waals surface area contributed by atoms with Gasteiger partial charge in [0.15, 0.2) is 12.2 Å². The first kappa shape index (κ1) is 23.4. The van der Waals surface area contributed by atoms with Gasteiger partial charge < -0.3 is 16.3 Å². The summed E-state index contributed by atoms with van der Waals surface area (Å²) in [5.74, 6) is -3.60. The van der Waals surface area contributed by atoms with Crippen LogP contribution >= 0.6 is 11.6 Å². The summed E-state index contributed by atoms with van der Waals surface area (Å²) >= 11 is 6.00. The third kappa shape index (κ3) is 5.89. The van der Waals surface area contributed by atoms with Gasteiger partial charge in [0, 0.05) is 30.4 Å². The number of benzene rings is 1. The van der Waals surface area contributed by atoms with Crippen molar-refractivity contribution >= 4 is 23.3 Å². The number of anilines is 1. The molecule has 10 heteroatoms. The summed E-state index contributed by atoms with van der Waals surface area (Å²) in [6.07, 6.45) is 1.12. The Morgan fingerprint density at radius 3 is 2.69 bits per heavy atom. The topological polar surface area (TPSA) is 104 Å². The van der Waals surface area contributed by atoms with E-state index in [1.807, 2.05) is 0 Å². The first-order valence-electron chi connectivity index (χ1n) is 9.80. The van der Waals surface area contributed by atoms with Gasteiger partial charge in [0.2, 0.25) is 5.91 Å². The Morgan fingerprint density at radius 1 is 1.16 bits per heavy atom. The Labute approximate surface area is 188 Å². The summed E-state index contributed by atoms with van der Waals surface area (Å²) in [7, 11) is 0. The van der Waals surface area contributed by atoms with Crippen molar-refractivity contribution in [2.24, 2.45) is 5.73 Å². The second kappa shape index (κ2) is 10.3. The zero-order chi connectivity index (χ0) is 23.1. The maximum absolute atomic E-state index is 14.3. The van der Waals surface area contributed by atoms with E-state index in [0.29, 0.717) is 16.3 Å². The van der Waals surface area contributed by atoms with Crippen molar-refractivity contribution in [3.05, 3.63) is 88.3 Å². The number of pyridine rings is 2. The summed E-state index contributed by atoms with van der Waals surface area (Å²) in [6.45, 7) is -0.266. The van der Waals surface area contributed by atoms with E-state index < -0.39 is 12.5 Å². The zero-order valence-corrected chi connectivity index (χ0v) is 17.8. The standard InChI is InChI=1S/C22H22ClF2N5O2/c23-17-8-7-15(12-26)16(10-17)13-28-21(31)11-18-4-3-6-20(30(18)32)29-14-22(24,25)19-5-1-2-9-27-19/h1-10,32H,11-14,26H2,(H,28,31)/p+1. The molecule has 168 valence electrons. The third-order valence-corrected chi connectivity index (χ3v) is 5.02. The van der Waals surface area contributed by atoms with Crippen LogP contribution in [0.25, 0.3) is 0 Å². The molecule has 0 saturated carbocycles. The summed E-state index contributed by atoms with van der Waals surface area (Å²) in [6, 6.07) is 14.0. The number of amides is 1. The van der Waals surface area contributed by atoms with E-state index >= 15 is 0 Å². The Balaban J connectivity index is 1.63. The van der Waals surface area contributed by atoms with Crippen LogP contribution in [0.15, 0.2) is 60.8 Å². The highest BCUT2D eigenvalue weighted by Gasteiger charge is 2.36. The number of carbonyl (C=O) groups is 1. The first-order chi connectivity index (χ1) is 15.3. The minimum absolute atomic E-state index is 0.0196. The van der Waals surface area contributed by atoms with E-state index in [-0.39, 0.29) is 36.1 Å². The molecule has 0 bridgehead atoms. The van der Waals surface area contributed by atoms with Gasteiger partial charge in [-0.25, -0.2) is 0 Å². The average molecular weight is 463 g/mol. The molecule has 0 radical (unpaired) electrons. The van der Waals surface area contributed by atoms with Gasteiger partial charge >= 0.3 is 11.7 Å². The van der Waals surface area contributed by atoms with Gasteiger partial charge in [0.25, 0.3) is 0 Å². The predicted molar refractivity (Wildman–Crippen MR) is 115 cm³/mol. The van der Waals surface area contributed by atoms with Gasteiger partial charge in [-0.2, -0.15) is 8.78 Å². The van der Waals surface area contributed by atoms with E-state index in [1.165, 1.54) is 30.5 Å². The number of rotatable bonds is 9. The van der Waals surface area contributed by atoms with Crippen LogP contribution in [0.5, 0.6) is 0 Å². The summed E-state index contributed by atoms with van der Waals surface area (Å²) in [4.78, 5) is 16.1. The summed E-state index contributed by atoms with van der Waals surface area (Å²) < 4.78 is 29.4. The van der Waals surface area contributed by atoms with Crippen LogP contribution < -0.4 is 21.1 Å². The Hall–Kier alpha value is -3.30. The highest BCUT2D eigenvalue weighted by molar-refractivity contribution is 6.30. The van der Waals surface area contributed by atoms with Crippen molar-refractivity contribution < 1.29 is 23.5 Å². The fraction of sp³-hybridized carbons (Fsp3) is 0.227. The lowest BCUT2D eigenvalue weighted by Crippen LogP contribution is -2.42. The molecule has 3 rings (SSSR count). The number of hydrogen-bond acceptors (Lipinski definition) is 5. The minimum atomic E-state index is -3.25. The van der Waals surface area contributed by atoms with Crippen LogP contribution in [0.1, 0.15) is 22.5 Å². The molecule has 1 aromatic carbocycles. The normalized spacial score (nSPS) is 11.2. The molecule has 7 nitrogen and oxygen atoms in total. The Kier molecular flexibility index (Phi) is 7.55. The van der Waals surface area contributed by atoms with Crippen molar-refractivity contribution in [2.45, 2.75) is 25.4 Å². The number of halogens is 3. The van der Waals surface area contributed by atoms with Crippen molar-refractivity contribution in [1.29, 1.82) is 0 Å². The molecule has 0 saturated heterocycles. The van der Waals surface area contributed by atoms with Gasteiger partial charge in [-0.15, -0.1) is 0 Å². The smallest absolute Gasteiger partial charge is 0.325 e. The summed E-state index contributed by atoms with van der Waals surface area (Å²) in [5, 5.41) is 16.2. The predicted octanol–water partition coefficient (Wildman–Crippen LogP) is 2.78. The molecular weight excluding hydrogens is 440 g/mol. The van der Waals surface area contributed by atoms with E-state index in [9.17, 15) is 18.8 Å². The van der Waals surface area contributed by atoms with E-state index in [4.69, 9.17) is 17.3 Å². The van der Waals surface area contributed by atoms with Crippen molar-refractivity contribution in [2.75, 3.05) is 11.9 Å². The first-order valence-corrected chi connectivity index (χ1v) is 10.2. The number of nitrogens with zero attached hydrogens (tertiary/aromatic N) is 2.